The fraction of sp³-hybridized carbons (Fsp3) is 0.615. The van der Waals surface area contributed by atoms with Crippen LogP contribution >= 0.6 is 11.3 Å². The summed E-state index contributed by atoms with van der Waals surface area (Å²) in [4.78, 5) is 12.5. The molecule has 0 aromatic carbocycles. The highest BCUT2D eigenvalue weighted by atomic mass is 32.1. The molecule has 0 saturated carbocycles. The molecule has 17 heavy (non-hydrogen) atoms. The highest BCUT2D eigenvalue weighted by Crippen LogP contribution is 2.33. The molecule has 0 saturated heterocycles. The molecule has 3 nitrogen and oxygen atoms in total. The fourth-order valence-corrected chi connectivity index (χ4v) is 2.41. The third-order valence-electron chi connectivity index (χ3n) is 2.49. The number of thiophene rings is 1. The third kappa shape index (κ3) is 4.04. The average molecular weight is 256 g/mol. The van der Waals surface area contributed by atoms with Crippen LogP contribution in [0.5, 0.6) is 5.75 Å². The molecule has 1 aromatic heterocycles. The van der Waals surface area contributed by atoms with Gasteiger partial charge in [0.1, 0.15) is 5.75 Å². The largest absolute Gasteiger partial charge is 0.492 e. The maximum atomic E-state index is 11.1. The molecule has 0 bridgehead atoms. The number of hydrogen-bond acceptors (Lipinski definition) is 3. The molecule has 0 unspecified atom stereocenters. The molecule has 0 spiro atoms. The minimum Gasteiger partial charge on any atom is -0.492 e. The van der Waals surface area contributed by atoms with Gasteiger partial charge >= 0.3 is 5.97 Å². The number of rotatable bonds is 7. The Morgan fingerprint density at radius 2 is 2.18 bits per heavy atom. The zero-order valence-electron chi connectivity index (χ0n) is 10.7. The fourth-order valence-electron chi connectivity index (χ4n) is 1.47. The summed E-state index contributed by atoms with van der Waals surface area (Å²) in [6, 6.07) is 1.87. The van der Waals surface area contributed by atoms with Crippen molar-refractivity contribution in [2.45, 2.75) is 46.0 Å². The summed E-state index contributed by atoms with van der Waals surface area (Å²) in [5, 5.41) is 9.09. The molecule has 0 aliphatic heterocycles. The Labute approximate surface area is 106 Å². The van der Waals surface area contributed by atoms with Crippen LogP contribution in [-0.4, -0.2) is 17.7 Å². The zero-order chi connectivity index (χ0) is 12.8. The number of aromatic carboxylic acids is 1. The second-order valence-electron chi connectivity index (χ2n) is 4.36. The van der Waals surface area contributed by atoms with Gasteiger partial charge in [0, 0.05) is 4.88 Å². The monoisotopic (exact) mass is 256 g/mol. The van der Waals surface area contributed by atoms with Gasteiger partial charge in [-0.25, -0.2) is 4.79 Å². The van der Waals surface area contributed by atoms with E-state index < -0.39 is 5.97 Å². The molecule has 0 aliphatic rings. The van der Waals surface area contributed by atoms with E-state index in [4.69, 9.17) is 9.84 Å². The summed E-state index contributed by atoms with van der Waals surface area (Å²) in [7, 11) is 0. The first-order valence-corrected chi connectivity index (χ1v) is 6.87. The van der Waals surface area contributed by atoms with Crippen molar-refractivity contribution in [2.75, 3.05) is 6.61 Å². The Kier molecular flexibility index (Phi) is 5.48. The maximum absolute atomic E-state index is 11.1. The van der Waals surface area contributed by atoms with Gasteiger partial charge < -0.3 is 9.84 Å². The number of carbonyl (C=O) groups is 1. The van der Waals surface area contributed by atoms with Crippen LogP contribution in [0, 0.1) is 0 Å². The molecule has 1 aromatic rings. The zero-order valence-corrected chi connectivity index (χ0v) is 11.5. The summed E-state index contributed by atoms with van der Waals surface area (Å²) in [6.45, 7) is 6.84. The van der Waals surface area contributed by atoms with Gasteiger partial charge in [0.05, 0.1) is 6.61 Å². The number of ether oxygens (including phenoxy) is 1. The van der Waals surface area contributed by atoms with Crippen LogP contribution in [0.3, 0.4) is 0 Å². The standard InChI is InChI=1S/C13H20O3S/c1-4-5-6-7-16-10-8-11(9(2)3)17-12(10)13(14)15/h8-9H,4-7H2,1-3H3,(H,14,15). The van der Waals surface area contributed by atoms with E-state index in [0.717, 1.165) is 24.1 Å². The van der Waals surface area contributed by atoms with Crippen LogP contribution in [0.15, 0.2) is 6.07 Å². The Hall–Kier alpha value is -1.03. The second kappa shape index (κ2) is 6.64. The second-order valence-corrected chi connectivity index (χ2v) is 5.44. The van der Waals surface area contributed by atoms with Crippen molar-refractivity contribution in [2.24, 2.45) is 0 Å². The summed E-state index contributed by atoms with van der Waals surface area (Å²) >= 11 is 1.31. The molecule has 0 aliphatic carbocycles. The van der Waals surface area contributed by atoms with Crippen LogP contribution in [0.4, 0.5) is 0 Å². The van der Waals surface area contributed by atoms with Gasteiger partial charge in [-0.1, -0.05) is 33.6 Å². The first kappa shape index (κ1) is 14.0. The van der Waals surface area contributed by atoms with Gasteiger partial charge in [-0.15, -0.1) is 11.3 Å². The lowest BCUT2D eigenvalue weighted by Crippen LogP contribution is -2.01. The minimum absolute atomic E-state index is 0.324. The highest BCUT2D eigenvalue weighted by Gasteiger charge is 2.17. The van der Waals surface area contributed by atoms with E-state index >= 15 is 0 Å². The molecule has 0 atom stereocenters. The first-order chi connectivity index (χ1) is 8.06. The number of hydrogen-bond donors (Lipinski definition) is 1. The van der Waals surface area contributed by atoms with Crippen molar-refractivity contribution in [1.29, 1.82) is 0 Å². The lowest BCUT2D eigenvalue weighted by molar-refractivity contribution is 0.0698. The Bertz CT molecular complexity index is 369. The molecule has 1 N–H and O–H groups in total. The van der Waals surface area contributed by atoms with Gasteiger partial charge in [0.2, 0.25) is 0 Å². The van der Waals surface area contributed by atoms with Crippen LogP contribution in [0.1, 0.15) is 60.5 Å². The summed E-state index contributed by atoms with van der Waals surface area (Å²) in [5.74, 6) is -0.0270. The summed E-state index contributed by atoms with van der Waals surface area (Å²) in [5.41, 5.74) is 0. The van der Waals surface area contributed by atoms with Crippen LogP contribution in [-0.2, 0) is 0 Å². The van der Waals surface area contributed by atoms with E-state index in [1.165, 1.54) is 11.3 Å². The topological polar surface area (TPSA) is 46.5 Å². The number of unbranched alkanes of at least 4 members (excludes halogenated alkanes) is 2. The van der Waals surface area contributed by atoms with Crippen molar-refractivity contribution in [3.8, 4) is 5.75 Å². The molecule has 96 valence electrons. The molecular formula is C13H20O3S. The van der Waals surface area contributed by atoms with E-state index in [1.807, 2.05) is 6.07 Å². The minimum atomic E-state index is -0.896. The predicted octanol–water partition coefficient (Wildman–Crippen LogP) is 4.14. The first-order valence-electron chi connectivity index (χ1n) is 6.06. The quantitative estimate of drug-likeness (QED) is 0.746. The Morgan fingerprint density at radius 3 is 2.71 bits per heavy atom. The lowest BCUT2D eigenvalue weighted by Gasteiger charge is -2.04. The van der Waals surface area contributed by atoms with Crippen molar-refractivity contribution in [3.63, 3.8) is 0 Å². The van der Waals surface area contributed by atoms with E-state index in [2.05, 4.69) is 20.8 Å². The molecule has 0 fully saturated rings. The van der Waals surface area contributed by atoms with Gasteiger partial charge in [0.25, 0.3) is 0 Å². The molecule has 0 radical (unpaired) electrons. The van der Waals surface area contributed by atoms with Crippen molar-refractivity contribution in [3.05, 3.63) is 15.8 Å². The van der Waals surface area contributed by atoms with Crippen LogP contribution < -0.4 is 4.74 Å². The Balaban J connectivity index is 2.71. The number of carboxylic acid groups (broad SMARTS) is 1. The van der Waals surface area contributed by atoms with E-state index in [1.54, 1.807) is 0 Å². The van der Waals surface area contributed by atoms with Gasteiger partial charge in [-0.3, -0.25) is 0 Å². The smallest absolute Gasteiger partial charge is 0.349 e. The van der Waals surface area contributed by atoms with E-state index in [0.29, 0.717) is 23.2 Å². The molecule has 1 rings (SSSR count). The summed E-state index contributed by atoms with van der Waals surface area (Å²) < 4.78 is 5.56. The van der Waals surface area contributed by atoms with Gasteiger partial charge in [-0.05, 0) is 18.4 Å². The molecule has 1 heterocycles. The lowest BCUT2D eigenvalue weighted by atomic mass is 10.2. The number of carboxylic acids is 1. The van der Waals surface area contributed by atoms with E-state index in [9.17, 15) is 4.79 Å². The van der Waals surface area contributed by atoms with Gasteiger partial charge in [-0.2, -0.15) is 0 Å². The third-order valence-corrected chi connectivity index (χ3v) is 3.89. The van der Waals surface area contributed by atoms with Crippen molar-refractivity contribution < 1.29 is 14.6 Å². The highest BCUT2D eigenvalue weighted by molar-refractivity contribution is 7.14. The normalized spacial score (nSPS) is 10.8. The maximum Gasteiger partial charge on any atom is 0.349 e. The Morgan fingerprint density at radius 1 is 1.47 bits per heavy atom. The van der Waals surface area contributed by atoms with Crippen LogP contribution in [0.2, 0.25) is 0 Å². The van der Waals surface area contributed by atoms with E-state index in [-0.39, 0.29) is 0 Å². The molecule has 0 amide bonds. The van der Waals surface area contributed by atoms with Crippen LogP contribution in [0.25, 0.3) is 0 Å². The summed E-state index contributed by atoms with van der Waals surface area (Å²) in [6.07, 6.45) is 3.22. The molecule has 4 heteroatoms. The predicted molar refractivity (Wildman–Crippen MR) is 70.4 cm³/mol. The van der Waals surface area contributed by atoms with Crippen molar-refractivity contribution >= 4 is 17.3 Å². The van der Waals surface area contributed by atoms with Crippen molar-refractivity contribution in [1.82, 2.24) is 0 Å². The molecular weight excluding hydrogens is 236 g/mol. The van der Waals surface area contributed by atoms with Gasteiger partial charge in [0.15, 0.2) is 4.88 Å². The average Bonchev–Trinajstić information content (AvgIpc) is 2.68. The SMILES string of the molecule is CCCCCOc1cc(C(C)C)sc1C(=O)O.